The minimum absolute atomic E-state index is 0.505. The highest BCUT2D eigenvalue weighted by Gasteiger charge is 2.36. The number of rotatable bonds is 4. The molecule has 1 atom stereocenters. The molecule has 0 saturated heterocycles. The molecular weight excluding hydrogens is 341 g/mol. The molecule has 0 fully saturated rings. The summed E-state index contributed by atoms with van der Waals surface area (Å²) >= 11 is 0. The Labute approximate surface area is 168 Å². The smallest absolute Gasteiger partial charge is 0.199 e. The summed E-state index contributed by atoms with van der Waals surface area (Å²) in [6.45, 7) is 10.6. The van der Waals surface area contributed by atoms with Crippen LogP contribution in [0.3, 0.4) is 0 Å². The maximum Gasteiger partial charge on any atom is 0.199 e. The van der Waals surface area contributed by atoms with Crippen LogP contribution in [-0.2, 0) is 25.8 Å². The van der Waals surface area contributed by atoms with Crippen molar-refractivity contribution in [1.29, 1.82) is 0 Å². The molecule has 4 heteroatoms. The van der Waals surface area contributed by atoms with Crippen molar-refractivity contribution in [3.05, 3.63) is 82.3 Å². The number of hydrogen-bond acceptors (Lipinski definition) is 3. The van der Waals surface area contributed by atoms with Crippen LogP contribution in [0.1, 0.15) is 40.3 Å². The minimum Gasteiger partial charge on any atom is -0.389 e. The second kappa shape index (κ2) is 6.95. The lowest BCUT2D eigenvalue weighted by molar-refractivity contribution is 0.293. The fraction of sp³-hybridized carbons (Fsp3) is 0.333. The third kappa shape index (κ3) is 3.01. The average Bonchev–Trinajstić information content (AvgIpc) is 3.28. The summed E-state index contributed by atoms with van der Waals surface area (Å²) in [5, 5.41) is 3.83. The molecule has 2 aromatic rings. The summed E-state index contributed by atoms with van der Waals surface area (Å²) in [5.41, 5.74) is 16.8. The lowest BCUT2D eigenvalue weighted by Crippen LogP contribution is -2.42. The summed E-state index contributed by atoms with van der Waals surface area (Å²) < 4.78 is 0. The molecule has 3 N–H and O–H groups in total. The van der Waals surface area contributed by atoms with Gasteiger partial charge < -0.3 is 11.1 Å². The molecule has 3 aliphatic heterocycles. The molecule has 3 nitrogen and oxygen atoms in total. The number of nitrogens with one attached hydrogen (secondary N) is 1. The second-order valence-corrected chi connectivity index (χ2v) is 8.61. The summed E-state index contributed by atoms with van der Waals surface area (Å²) in [6, 6.07) is 13.7. The first kappa shape index (κ1) is 17.8. The molecule has 0 spiro atoms. The highest BCUT2D eigenvalue weighted by Crippen LogP contribution is 2.33. The Hall–Kier alpha value is -2.30. The summed E-state index contributed by atoms with van der Waals surface area (Å²) in [6.07, 6.45) is 2.20. The van der Waals surface area contributed by atoms with Crippen molar-refractivity contribution < 1.29 is 0 Å². The highest BCUT2D eigenvalue weighted by molar-refractivity contribution is 6.68. The largest absolute Gasteiger partial charge is 0.389 e. The van der Waals surface area contributed by atoms with Gasteiger partial charge in [0.25, 0.3) is 0 Å². The van der Waals surface area contributed by atoms with Crippen LogP contribution >= 0.6 is 0 Å². The molecule has 0 aliphatic carbocycles. The van der Waals surface area contributed by atoms with Gasteiger partial charge in [-0.3, -0.25) is 4.90 Å². The Morgan fingerprint density at radius 2 is 2.07 bits per heavy atom. The van der Waals surface area contributed by atoms with E-state index in [1.54, 1.807) is 0 Å². The lowest BCUT2D eigenvalue weighted by Gasteiger charge is -2.28. The van der Waals surface area contributed by atoms with Gasteiger partial charge in [0.2, 0.25) is 0 Å². The fourth-order valence-electron chi connectivity index (χ4n) is 5.18. The van der Waals surface area contributed by atoms with Crippen LogP contribution in [-0.4, -0.2) is 30.6 Å². The van der Waals surface area contributed by atoms with Crippen molar-refractivity contribution in [3.63, 3.8) is 0 Å². The first-order valence-corrected chi connectivity index (χ1v) is 10.4. The standard InChI is InChI=1S/C24H28BN3/c1-16(2)21-5-3-4-17-11-24-25(12-22(17)21)13-23(27-24)18-6-7-19-14-28(9-8-26)15-20(19)10-18/h3-7,10,13,24,27H,1,8-9,11-12,14-15,26H2,2H3. The van der Waals surface area contributed by atoms with E-state index in [0.29, 0.717) is 12.7 Å². The fourth-order valence-corrected chi connectivity index (χ4v) is 5.18. The molecule has 0 aromatic heterocycles. The van der Waals surface area contributed by atoms with Crippen molar-refractivity contribution >= 4 is 18.0 Å². The Morgan fingerprint density at radius 1 is 1.21 bits per heavy atom. The molecule has 2 aromatic carbocycles. The maximum absolute atomic E-state index is 5.74. The minimum atomic E-state index is 0.505. The van der Waals surface area contributed by atoms with Crippen molar-refractivity contribution in [3.8, 4) is 0 Å². The van der Waals surface area contributed by atoms with E-state index in [1.165, 1.54) is 44.7 Å². The van der Waals surface area contributed by atoms with Gasteiger partial charge >= 0.3 is 0 Å². The second-order valence-electron chi connectivity index (χ2n) is 8.61. The first-order chi connectivity index (χ1) is 13.6. The summed E-state index contributed by atoms with van der Waals surface area (Å²) in [5.74, 6) is 2.97. The highest BCUT2D eigenvalue weighted by atomic mass is 15.1. The first-order valence-electron chi connectivity index (χ1n) is 10.4. The monoisotopic (exact) mass is 369 g/mol. The summed E-state index contributed by atoms with van der Waals surface area (Å²) in [4.78, 5) is 2.43. The molecule has 3 heterocycles. The van der Waals surface area contributed by atoms with E-state index in [9.17, 15) is 0 Å². The molecule has 142 valence electrons. The Bertz CT molecular complexity index is 978. The van der Waals surface area contributed by atoms with Gasteiger partial charge in [-0.2, -0.15) is 0 Å². The zero-order valence-corrected chi connectivity index (χ0v) is 16.7. The Kier molecular flexibility index (Phi) is 4.41. The Balaban J connectivity index is 1.39. The van der Waals surface area contributed by atoms with Gasteiger partial charge in [0.1, 0.15) is 0 Å². The van der Waals surface area contributed by atoms with Crippen LogP contribution in [0.2, 0.25) is 0 Å². The van der Waals surface area contributed by atoms with Crippen molar-refractivity contribution in [1.82, 2.24) is 10.2 Å². The molecule has 0 amide bonds. The van der Waals surface area contributed by atoms with Gasteiger partial charge in [-0.25, -0.2) is 0 Å². The zero-order valence-electron chi connectivity index (χ0n) is 16.7. The third-order valence-electron chi connectivity index (χ3n) is 6.60. The number of fused-ring (bicyclic) bond motifs is 3. The van der Waals surface area contributed by atoms with E-state index >= 15 is 0 Å². The van der Waals surface area contributed by atoms with E-state index in [4.69, 9.17) is 5.73 Å². The number of nitrogens with zero attached hydrogens (tertiary/aromatic N) is 1. The van der Waals surface area contributed by atoms with E-state index in [2.05, 4.69) is 66.1 Å². The van der Waals surface area contributed by atoms with Gasteiger partial charge in [0.05, 0.1) is 0 Å². The van der Waals surface area contributed by atoms with Gasteiger partial charge in [0, 0.05) is 37.8 Å². The van der Waals surface area contributed by atoms with Crippen LogP contribution in [0.15, 0.2) is 49.0 Å². The Morgan fingerprint density at radius 3 is 2.89 bits per heavy atom. The van der Waals surface area contributed by atoms with Gasteiger partial charge in [-0.15, -0.1) is 0 Å². The van der Waals surface area contributed by atoms with Crippen LogP contribution in [0.4, 0.5) is 0 Å². The van der Waals surface area contributed by atoms with Crippen LogP contribution in [0, 0.1) is 0 Å². The quantitative estimate of drug-likeness (QED) is 0.814. The van der Waals surface area contributed by atoms with E-state index < -0.39 is 0 Å². The normalized spacial score (nSPS) is 20.3. The molecule has 1 unspecified atom stereocenters. The third-order valence-corrected chi connectivity index (χ3v) is 6.60. The van der Waals surface area contributed by atoms with Crippen LogP contribution in [0.5, 0.6) is 0 Å². The van der Waals surface area contributed by atoms with Gasteiger partial charge in [-0.1, -0.05) is 48.5 Å². The van der Waals surface area contributed by atoms with E-state index in [1.807, 2.05) is 0 Å². The molecule has 0 bridgehead atoms. The predicted molar refractivity (Wildman–Crippen MR) is 119 cm³/mol. The predicted octanol–water partition coefficient (Wildman–Crippen LogP) is 3.22. The molecule has 0 radical (unpaired) electrons. The van der Waals surface area contributed by atoms with Crippen molar-refractivity contribution in [2.24, 2.45) is 5.73 Å². The molecular formula is C24H28BN3. The molecule has 5 rings (SSSR count). The lowest BCUT2D eigenvalue weighted by atomic mass is 9.39. The number of benzene rings is 2. The number of allylic oxidation sites excluding steroid dienone is 1. The summed E-state index contributed by atoms with van der Waals surface area (Å²) in [7, 11) is 0. The SMILES string of the molecule is C=C(C)c1cccc2c1CB1C=C(c3ccc4c(c3)CN(CCN)C4)NC1C2. The molecule has 28 heavy (non-hydrogen) atoms. The van der Waals surface area contributed by atoms with Crippen LogP contribution < -0.4 is 11.1 Å². The van der Waals surface area contributed by atoms with Gasteiger partial charge in [0.15, 0.2) is 6.71 Å². The number of hydrogen-bond donors (Lipinski definition) is 2. The van der Waals surface area contributed by atoms with E-state index in [-0.39, 0.29) is 0 Å². The van der Waals surface area contributed by atoms with Crippen molar-refractivity contribution in [2.45, 2.75) is 38.7 Å². The van der Waals surface area contributed by atoms with Gasteiger partial charge in [-0.05, 0) is 59.1 Å². The molecule has 3 aliphatic rings. The maximum atomic E-state index is 5.74. The molecule has 0 saturated carbocycles. The van der Waals surface area contributed by atoms with Crippen LogP contribution in [0.25, 0.3) is 11.3 Å². The van der Waals surface area contributed by atoms with E-state index in [0.717, 1.165) is 38.9 Å². The van der Waals surface area contributed by atoms with Crippen molar-refractivity contribution in [2.75, 3.05) is 13.1 Å². The average molecular weight is 369 g/mol. The number of nitrogens with two attached hydrogens (primary N) is 1. The zero-order chi connectivity index (χ0) is 19.3. The topological polar surface area (TPSA) is 41.3 Å².